The van der Waals surface area contributed by atoms with E-state index in [9.17, 15) is 4.79 Å². The van der Waals surface area contributed by atoms with Crippen LogP contribution in [0.1, 0.15) is 27.2 Å². The van der Waals surface area contributed by atoms with E-state index in [0.29, 0.717) is 6.04 Å². The smallest absolute Gasteiger partial charge is 0.264 e. The lowest BCUT2D eigenvalue weighted by Gasteiger charge is -2.32. The summed E-state index contributed by atoms with van der Waals surface area (Å²) in [6.07, 6.45) is 2.92. The molecule has 136 valence electrons. The average molecular weight is 381 g/mol. The molecule has 7 heteroatoms. The Kier molecular flexibility index (Phi) is 5.63. The standard InChI is InChI=1S/C18H24N4OS.ClH/c1-12-3-5-20-17-15(12)13(2)16(24-17)18(23)22-8-4-14(11-22)21-9-6-19-7-10-21;/h3,5,14,19H,4,6-11H2,1-2H3;1H. The van der Waals surface area contributed by atoms with Gasteiger partial charge in [-0.15, -0.1) is 23.7 Å². The van der Waals surface area contributed by atoms with Crippen LogP contribution in [0.2, 0.25) is 0 Å². The molecule has 5 nitrogen and oxygen atoms in total. The number of carbonyl (C=O) groups excluding carboxylic acids is 1. The number of pyridine rings is 1. The third-order valence-electron chi connectivity index (χ3n) is 5.35. The van der Waals surface area contributed by atoms with Crippen molar-refractivity contribution in [1.82, 2.24) is 20.1 Å². The molecular weight excluding hydrogens is 356 g/mol. The number of aromatic nitrogens is 1. The van der Waals surface area contributed by atoms with Crippen molar-refractivity contribution < 1.29 is 4.79 Å². The molecule has 2 saturated heterocycles. The third kappa shape index (κ3) is 3.40. The van der Waals surface area contributed by atoms with E-state index in [4.69, 9.17) is 0 Å². The Bertz CT molecular complexity index is 772. The zero-order valence-corrected chi connectivity index (χ0v) is 16.4. The Balaban J connectivity index is 0.00000182. The lowest BCUT2D eigenvalue weighted by atomic mass is 10.1. The van der Waals surface area contributed by atoms with E-state index in [-0.39, 0.29) is 18.3 Å². The van der Waals surface area contributed by atoms with E-state index < -0.39 is 0 Å². The molecule has 4 rings (SSSR count). The number of rotatable bonds is 2. The van der Waals surface area contributed by atoms with Gasteiger partial charge in [0.25, 0.3) is 5.91 Å². The maximum Gasteiger partial charge on any atom is 0.264 e. The van der Waals surface area contributed by atoms with Crippen LogP contribution in [-0.2, 0) is 0 Å². The summed E-state index contributed by atoms with van der Waals surface area (Å²) in [5.41, 5.74) is 2.30. The molecule has 2 aliphatic heterocycles. The number of hydrogen-bond donors (Lipinski definition) is 1. The number of likely N-dealkylation sites (tertiary alicyclic amines) is 1. The number of aryl methyl sites for hydroxylation is 2. The monoisotopic (exact) mass is 380 g/mol. The number of hydrogen-bond acceptors (Lipinski definition) is 5. The molecule has 0 spiro atoms. The fourth-order valence-electron chi connectivity index (χ4n) is 3.97. The summed E-state index contributed by atoms with van der Waals surface area (Å²) in [6, 6.07) is 2.54. The zero-order valence-electron chi connectivity index (χ0n) is 14.7. The van der Waals surface area contributed by atoms with Gasteiger partial charge in [0.2, 0.25) is 0 Å². The van der Waals surface area contributed by atoms with Crippen LogP contribution in [0.15, 0.2) is 12.3 Å². The van der Waals surface area contributed by atoms with Gasteiger partial charge in [-0.05, 0) is 37.5 Å². The maximum atomic E-state index is 13.1. The van der Waals surface area contributed by atoms with E-state index in [2.05, 4.69) is 29.0 Å². The highest BCUT2D eigenvalue weighted by atomic mass is 35.5. The molecule has 1 atom stereocenters. The topological polar surface area (TPSA) is 48.5 Å². The van der Waals surface area contributed by atoms with Crippen molar-refractivity contribution in [2.75, 3.05) is 39.3 Å². The number of fused-ring (bicyclic) bond motifs is 1. The van der Waals surface area contributed by atoms with Crippen molar-refractivity contribution in [2.24, 2.45) is 0 Å². The van der Waals surface area contributed by atoms with Crippen LogP contribution in [-0.4, -0.2) is 66.0 Å². The summed E-state index contributed by atoms with van der Waals surface area (Å²) in [7, 11) is 0. The average Bonchev–Trinajstić information content (AvgIpc) is 3.21. The Hall–Kier alpha value is -1.21. The van der Waals surface area contributed by atoms with Crippen molar-refractivity contribution in [3.63, 3.8) is 0 Å². The van der Waals surface area contributed by atoms with Crippen LogP contribution in [0.25, 0.3) is 10.2 Å². The number of halogens is 1. The van der Waals surface area contributed by atoms with Crippen molar-refractivity contribution >= 4 is 39.9 Å². The predicted molar refractivity (Wildman–Crippen MR) is 105 cm³/mol. The van der Waals surface area contributed by atoms with Gasteiger partial charge in [-0.3, -0.25) is 9.69 Å². The van der Waals surface area contributed by atoms with E-state index in [1.165, 1.54) is 5.56 Å². The molecular formula is C18H25ClN4OS. The first-order chi connectivity index (χ1) is 11.6. The second-order valence-electron chi connectivity index (χ2n) is 6.84. The van der Waals surface area contributed by atoms with Gasteiger partial charge in [-0.2, -0.15) is 0 Å². The number of carbonyl (C=O) groups is 1. The molecule has 25 heavy (non-hydrogen) atoms. The minimum Gasteiger partial charge on any atom is -0.336 e. The van der Waals surface area contributed by atoms with Gasteiger partial charge in [0.15, 0.2) is 0 Å². The highest BCUT2D eigenvalue weighted by Gasteiger charge is 2.32. The highest BCUT2D eigenvalue weighted by Crippen LogP contribution is 2.33. The van der Waals surface area contributed by atoms with Gasteiger partial charge in [0, 0.05) is 56.9 Å². The van der Waals surface area contributed by atoms with Gasteiger partial charge >= 0.3 is 0 Å². The largest absolute Gasteiger partial charge is 0.336 e. The molecule has 1 unspecified atom stereocenters. The van der Waals surface area contributed by atoms with E-state index >= 15 is 0 Å². The molecule has 0 radical (unpaired) electrons. The molecule has 0 aliphatic carbocycles. The summed E-state index contributed by atoms with van der Waals surface area (Å²) >= 11 is 1.54. The van der Waals surface area contributed by atoms with Crippen molar-refractivity contribution in [3.8, 4) is 0 Å². The number of nitrogens with one attached hydrogen (secondary N) is 1. The highest BCUT2D eigenvalue weighted by molar-refractivity contribution is 7.20. The molecule has 1 amide bonds. The van der Waals surface area contributed by atoms with Gasteiger partial charge in [-0.25, -0.2) is 4.98 Å². The molecule has 4 heterocycles. The van der Waals surface area contributed by atoms with Crippen LogP contribution in [0, 0.1) is 13.8 Å². The fourth-order valence-corrected chi connectivity index (χ4v) is 5.17. The summed E-state index contributed by atoms with van der Waals surface area (Å²) in [4.78, 5) is 23.9. The van der Waals surface area contributed by atoms with Crippen molar-refractivity contribution in [3.05, 3.63) is 28.3 Å². The SMILES string of the molecule is Cc1ccnc2sc(C(=O)N3CCC(N4CCNCC4)C3)c(C)c12.Cl. The minimum absolute atomic E-state index is 0. The Morgan fingerprint density at radius 3 is 2.76 bits per heavy atom. The lowest BCUT2D eigenvalue weighted by molar-refractivity contribution is 0.0777. The van der Waals surface area contributed by atoms with Crippen LogP contribution < -0.4 is 5.32 Å². The number of piperazine rings is 1. The number of nitrogens with zero attached hydrogens (tertiary/aromatic N) is 3. The van der Waals surface area contributed by atoms with Crippen LogP contribution in [0.5, 0.6) is 0 Å². The molecule has 2 aliphatic rings. The molecule has 2 aromatic heterocycles. The third-order valence-corrected chi connectivity index (χ3v) is 6.54. The van der Waals surface area contributed by atoms with Gasteiger partial charge < -0.3 is 10.2 Å². The fraction of sp³-hybridized carbons (Fsp3) is 0.556. The van der Waals surface area contributed by atoms with Gasteiger partial charge in [0.05, 0.1) is 4.88 Å². The van der Waals surface area contributed by atoms with E-state index in [1.54, 1.807) is 11.3 Å². The first-order valence-electron chi connectivity index (χ1n) is 8.74. The normalized spacial score (nSPS) is 21.5. The van der Waals surface area contributed by atoms with E-state index in [0.717, 1.165) is 66.3 Å². The minimum atomic E-state index is 0. The molecule has 2 aromatic rings. The second kappa shape index (κ2) is 7.58. The Morgan fingerprint density at radius 1 is 1.28 bits per heavy atom. The quantitative estimate of drug-likeness (QED) is 0.869. The van der Waals surface area contributed by atoms with Gasteiger partial charge in [-0.1, -0.05) is 0 Å². The summed E-state index contributed by atoms with van der Waals surface area (Å²) in [6.45, 7) is 10.2. The molecule has 2 fully saturated rings. The predicted octanol–water partition coefficient (Wildman–Crippen LogP) is 2.45. The zero-order chi connectivity index (χ0) is 16.7. The van der Waals surface area contributed by atoms with Gasteiger partial charge in [0.1, 0.15) is 4.83 Å². The summed E-state index contributed by atoms with van der Waals surface area (Å²) in [5, 5.41) is 4.55. The summed E-state index contributed by atoms with van der Waals surface area (Å²) < 4.78 is 0. The first-order valence-corrected chi connectivity index (χ1v) is 9.55. The van der Waals surface area contributed by atoms with Crippen molar-refractivity contribution in [2.45, 2.75) is 26.3 Å². The summed E-state index contributed by atoms with van der Waals surface area (Å²) in [5.74, 6) is 0.188. The number of amides is 1. The van der Waals surface area contributed by atoms with Crippen LogP contribution in [0.3, 0.4) is 0 Å². The van der Waals surface area contributed by atoms with E-state index in [1.807, 2.05) is 17.2 Å². The molecule has 0 aromatic carbocycles. The lowest BCUT2D eigenvalue weighted by Crippen LogP contribution is -2.49. The van der Waals surface area contributed by atoms with Crippen LogP contribution in [0.4, 0.5) is 0 Å². The maximum absolute atomic E-state index is 13.1. The van der Waals surface area contributed by atoms with Crippen molar-refractivity contribution in [1.29, 1.82) is 0 Å². The molecule has 0 bridgehead atoms. The Labute approximate surface area is 158 Å². The second-order valence-corrected chi connectivity index (χ2v) is 7.84. The Morgan fingerprint density at radius 2 is 2.04 bits per heavy atom. The molecule has 0 saturated carbocycles. The van der Waals surface area contributed by atoms with Crippen LogP contribution >= 0.6 is 23.7 Å². The number of thiophene rings is 1. The molecule has 1 N–H and O–H groups in total. The first kappa shape index (κ1) is 18.6.